The Morgan fingerprint density at radius 1 is 0.400 bits per heavy atom. The summed E-state index contributed by atoms with van der Waals surface area (Å²) in [4.78, 5) is 40.2. The third-order valence-electron chi connectivity index (χ3n) is 18.6. The standard InChI is InChI=1S/C78H95N5O2/c1-5-9-13-17-21-23-27-31-36-56(35-29-25-19-15-11-7-3)43-45-58-47-52-69-70(54-58)82-75(80-69)64-41-33-39-62-60(48-50-66(72(62)64)77(82)84)61-49-51-67-73-63(61)40-34-42-65(73)76-81-74-68(79)53-59(55-71(74)83(76)78(67)85)46-44-57(37-30-26-20-16-12-8-4)38-32-28-24-22-18-14-10-6-2/h33-34,39-42,47-57H,5-32,35-38,79H2,1-4H3. The van der Waals surface area contributed by atoms with Gasteiger partial charge in [-0.2, -0.15) is 0 Å². The molecular formula is C78H95N5O2. The second kappa shape index (κ2) is 30.4. The average Bonchev–Trinajstić information content (AvgIpc) is 3.61. The van der Waals surface area contributed by atoms with Crippen LogP contribution < -0.4 is 16.9 Å². The highest BCUT2D eigenvalue weighted by Crippen LogP contribution is 2.41. The van der Waals surface area contributed by atoms with Crippen molar-refractivity contribution in [2.75, 3.05) is 5.73 Å². The molecule has 85 heavy (non-hydrogen) atoms. The zero-order valence-electron chi connectivity index (χ0n) is 52.1. The van der Waals surface area contributed by atoms with Crippen LogP contribution in [-0.4, -0.2) is 18.8 Å². The first-order valence-corrected chi connectivity index (χ1v) is 33.9. The molecule has 0 saturated heterocycles. The summed E-state index contributed by atoms with van der Waals surface area (Å²) in [5.41, 5.74) is 15.0. The lowest BCUT2D eigenvalue weighted by molar-refractivity contribution is 0.474. The Balaban J connectivity index is 0.946. The van der Waals surface area contributed by atoms with Crippen LogP contribution in [0, 0.1) is 35.5 Å². The summed E-state index contributed by atoms with van der Waals surface area (Å²) in [5, 5.41) is 6.74. The summed E-state index contributed by atoms with van der Waals surface area (Å²) < 4.78 is 3.56. The predicted octanol–water partition coefficient (Wildman–Crippen LogP) is 21.2. The molecule has 0 amide bonds. The van der Waals surface area contributed by atoms with Crippen LogP contribution in [0.3, 0.4) is 0 Å². The third-order valence-corrected chi connectivity index (χ3v) is 18.6. The van der Waals surface area contributed by atoms with Crippen LogP contribution in [0.15, 0.2) is 101 Å². The summed E-state index contributed by atoms with van der Waals surface area (Å²) in [7, 11) is 0. The second-order valence-corrected chi connectivity index (χ2v) is 25.1. The van der Waals surface area contributed by atoms with Gasteiger partial charge in [-0.05, 0) is 90.0 Å². The van der Waals surface area contributed by atoms with Gasteiger partial charge in [-0.25, -0.2) is 9.97 Å². The Labute approximate surface area is 506 Å². The van der Waals surface area contributed by atoms with E-state index in [-0.39, 0.29) is 11.1 Å². The topological polar surface area (TPSA) is 94.8 Å². The van der Waals surface area contributed by atoms with Gasteiger partial charge in [0.25, 0.3) is 11.1 Å². The first kappa shape index (κ1) is 61.1. The molecule has 10 aromatic rings. The number of pyridine rings is 2. The molecule has 6 aromatic carbocycles. The van der Waals surface area contributed by atoms with Crippen molar-refractivity contribution in [1.82, 2.24) is 18.8 Å². The molecule has 4 heterocycles. The van der Waals surface area contributed by atoms with Gasteiger partial charge in [0.2, 0.25) is 0 Å². The summed E-state index contributed by atoms with van der Waals surface area (Å²) in [6, 6.07) is 30.8. The minimum atomic E-state index is -0.129. The van der Waals surface area contributed by atoms with Crippen molar-refractivity contribution in [3.8, 4) is 34.8 Å². The highest BCUT2D eigenvalue weighted by molar-refractivity contribution is 6.24. The molecular weight excluding hydrogens is 1040 g/mol. The van der Waals surface area contributed by atoms with E-state index >= 15 is 0 Å². The molecule has 0 radical (unpaired) electrons. The number of unbranched alkanes of at least 4 members (excludes halogenated alkanes) is 24. The SMILES string of the molecule is CCCCCCCCCCC(C#Cc1ccc2nc3c4cccc5c(-c6ccc7c(=O)n8c9cc(C#CC(CCCCCCCC)CCCCCCCCCC)cc(N)c9nc8c8cccc6c78)ccc(c(=O)n3c2c1)c54)CCCCCCCC. The summed E-state index contributed by atoms with van der Waals surface area (Å²) in [6.07, 6.45) is 41.0. The van der Waals surface area contributed by atoms with Crippen LogP contribution in [0.4, 0.5) is 5.69 Å². The fraction of sp³-hybridized carbons (Fsp3) is 0.487. The van der Waals surface area contributed by atoms with E-state index in [9.17, 15) is 9.59 Å². The van der Waals surface area contributed by atoms with Crippen LogP contribution in [-0.2, 0) is 0 Å². The Morgan fingerprint density at radius 3 is 1.25 bits per heavy atom. The highest BCUT2D eigenvalue weighted by atomic mass is 16.1. The molecule has 0 spiro atoms. The molecule has 2 atom stereocenters. The number of imidazole rings is 2. The molecule has 7 nitrogen and oxygen atoms in total. The van der Waals surface area contributed by atoms with Crippen molar-refractivity contribution in [2.24, 2.45) is 11.8 Å². The van der Waals surface area contributed by atoms with E-state index in [0.29, 0.717) is 50.6 Å². The zero-order chi connectivity index (χ0) is 58.9. The molecule has 0 bridgehead atoms. The van der Waals surface area contributed by atoms with E-state index in [0.717, 1.165) is 91.3 Å². The van der Waals surface area contributed by atoms with E-state index in [1.807, 2.05) is 30.3 Å². The van der Waals surface area contributed by atoms with Crippen LogP contribution in [0.2, 0.25) is 0 Å². The summed E-state index contributed by atoms with van der Waals surface area (Å²) in [5.74, 6) is 15.3. The molecule has 0 fully saturated rings. The van der Waals surface area contributed by atoms with Gasteiger partial charge in [-0.3, -0.25) is 18.4 Å². The minimum Gasteiger partial charge on any atom is -0.397 e. The van der Waals surface area contributed by atoms with E-state index < -0.39 is 0 Å². The van der Waals surface area contributed by atoms with Gasteiger partial charge in [0.05, 0.1) is 22.2 Å². The van der Waals surface area contributed by atoms with Gasteiger partial charge in [-0.1, -0.05) is 280 Å². The molecule has 0 aliphatic rings. The number of benzene rings is 6. The lowest BCUT2D eigenvalue weighted by atomic mass is 9.90. The Morgan fingerprint density at radius 2 is 0.788 bits per heavy atom. The second-order valence-electron chi connectivity index (χ2n) is 25.1. The maximum absolute atomic E-state index is 15.0. The Kier molecular flexibility index (Phi) is 21.9. The van der Waals surface area contributed by atoms with Crippen molar-refractivity contribution in [3.63, 3.8) is 0 Å². The molecule has 444 valence electrons. The average molecular weight is 1130 g/mol. The smallest absolute Gasteiger partial charge is 0.264 e. The Bertz CT molecular complexity index is 4090. The number of aromatic nitrogens is 4. The quantitative estimate of drug-likeness (QED) is 0.0251. The number of hydrogen-bond acceptors (Lipinski definition) is 5. The van der Waals surface area contributed by atoms with Crippen LogP contribution in [0.5, 0.6) is 0 Å². The van der Waals surface area contributed by atoms with Gasteiger partial charge in [0, 0.05) is 55.3 Å². The number of fused-ring (bicyclic) bond motifs is 8. The predicted molar refractivity (Wildman–Crippen MR) is 365 cm³/mol. The summed E-state index contributed by atoms with van der Waals surface area (Å²) >= 11 is 0. The van der Waals surface area contributed by atoms with E-state index in [2.05, 4.69) is 112 Å². The fourth-order valence-corrected chi connectivity index (χ4v) is 13.8. The number of nitrogens with two attached hydrogens (primary N) is 1. The van der Waals surface area contributed by atoms with E-state index in [1.165, 1.54) is 180 Å². The van der Waals surface area contributed by atoms with E-state index in [4.69, 9.17) is 15.7 Å². The van der Waals surface area contributed by atoms with Gasteiger partial charge < -0.3 is 5.73 Å². The molecule has 0 aliphatic heterocycles. The van der Waals surface area contributed by atoms with Crippen molar-refractivity contribution >= 4 is 82.1 Å². The van der Waals surface area contributed by atoms with E-state index in [1.54, 1.807) is 8.80 Å². The fourth-order valence-electron chi connectivity index (χ4n) is 13.8. The monoisotopic (exact) mass is 1130 g/mol. The molecule has 10 rings (SSSR count). The number of nitrogen functional groups attached to an aromatic ring is 1. The zero-order valence-corrected chi connectivity index (χ0v) is 52.1. The van der Waals surface area contributed by atoms with Crippen LogP contribution in [0.25, 0.3) is 87.6 Å². The first-order chi connectivity index (χ1) is 41.8. The molecule has 7 heteroatoms. The van der Waals surface area contributed by atoms with Gasteiger partial charge in [-0.15, -0.1) is 0 Å². The van der Waals surface area contributed by atoms with Gasteiger partial charge in [0.1, 0.15) is 16.8 Å². The molecule has 2 unspecified atom stereocenters. The third kappa shape index (κ3) is 14.3. The van der Waals surface area contributed by atoms with Gasteiger partial charge >= 0.3 is 0 Å². The van der Waals surface area contributed by atoms with Crippen molar-refractivity contribution in [3.05, 3.63) is 123 Å². The van der Waals surface area contributed by atoms with Gasteiger partial charge in [0.15, 0.2) is 0 Å². The molecule has 0 aliphatic carbocycles. The first-order valence-electron chi connectivity index (χ1n) is 33.9. The lowest BCUT2D eigenvalue weighted by Gasteiger charge is -2.15. The normalized spacial score (nSPS) is 12.7. The maximum atomic E-state index is 15.0. The number of anilines is 1. The maximum Gasteiger partial charge on any atom is 0.264 e. The molecule has 2 N–H and O–H groups in total. The van der Waals surface area contributed by atoms with Crippen molar-refractivity contribution in [1.29, 1.82) is 0 Å². The minimum absolute atomic E-state index is 0.0879. The van der Waals surface area contributed by atoms with Crippen molar-refractivity contribution < 1.29 is 0 Å². The number of hydrogen-bond donors (Lipinski definition) is 1. The number of nitrogens with zero attached hydrogens (tertiary/aromatic N) is 4. The molecule has 4 aromatic heterocycles. The summed E-state index contributed by atoms with van der Waals surface area (Å²) in [6.45, 7) is 9.12. The van der Waals surface area contributed by atoms with Crippen LogP contribution in [0.1, 0.15) is 244 Å². The largest absolute Gasteiger partial charge is 0.397 e. The molecule has 0 saturated carbocycles. The lowest BCUT2D eigenvalue weighted by Crippen LogP contribution is -2.14. The van der Waals surface area contributed by atoms with Crippen LogP contribution >= 0.6 is 0 Å². The number of rotatable bonds is 33. The Hall–Kier alpha value is -6.96. The highest BCUT2D eigenvalue weighted by Gasteiger charge is 2.23. The van der Waals surface area contributed by atoms with Crippen molar-refractivity contribution in [2.45, 2.75) is 233 Å².